The third-order valence-corrected chi connectivity index (χ3v) is 7.56. The molecule has 0 spiro atoms. The highest BCUT2D eigenvalue weighted by Crippen LogP contribution is 2.37. The number of nitrogens with zero attached hydrogens (tertiary/aromatic N) is 1. The standard InChI is InChI=1S/C18H17F4NO2S2/c19-16-7-2-1-6-15(16)17-8-9-23(10-11-26-17)27(24,25)14-5-3-4-13(12-14)18(20,21)22/h1-7,12,17H,8-11H2. The third kappa shape index (κ3) is 4.47. The van der Waals surface area contributed by atoms with E-state index in [9.17, 15) is 26.0 Å². The molecule has 1 heterocycles. The first-order valence-corrected chi connectivity index (χ1v) is 10.7. The van der Waals surface area contributed by atoms with Crippen molar-refractivity contribution < 1.29 is 26.0 Å². The van der Waals surface area contributed by atoms with Gasteiger partial charge in [0.15, 0.2) is 0 Å². The van der Waals surface area contributed by atoms with Gasteiger partial charge in [0.05, 0.1) is 10.5 Å². The zero-order valence-corrected chi connectivity index (χ0v) is 15.7. The molecule has 1 aliphatic heterocycles. The number of halogens is 4. The largest absolute Gasteiger partial charge is 0.416 e. The molecule has 3 nitrogen and oxygen atoms in total. The number of thioether (sulfide) groups is 1. The molecule has 27 heavy (non-hydrogen) atoms. The van der Waals surface area contributed by atoms with Gasteiger partial charge in [-0.15, -0.1) is 0 Å². The van der Waals surface area contributed by atoms with Crippen molar-refractivity contribution in [2.45, 2.75) is 22.7 Å². The topological polar surface area (TPSA) is 37.4 Å². The Kier molecular flexibility index (Phi) is 5.83. The lowest BCUT2D eigenvalue weighted by Crippen LogP contribution is -2.33. The van der Waals surface area contributed by atoms with Gasteiger partial charge in [0.2, 0.25) is 10.0 Å². The number of hydrogen-bond acceptors (Lipinski definition) is 3. The van der Waals surface area contributed by atoms with Crippen LogP contribution in [0.1, 0.15) is 22.8 Å². The Labute approximate surface area is 159 Å². The van der Waals surface area contributed by atoms with E-state index in [1.165, 1.54) is 22.1 Å². The maximum absolute atomic E-state index is 14.0. The molecule has 3 rings (SSSR count). The van der Waals surface area contributed by atoms with Crippen molar-refractivity contribution in [3.8, 4) is 0 Å². The minimum Gasteiger partial charge on any atom is -0.207 e. The summed E-state index contributed by atoms with van der Waals surface area (Å²) >= 11 is 1.45. The van der Waals surface area contributed by atoms with E-state index in [-0.39, 0.29) is 29.1 Å². The zero-order chi connectivity index (χ0) is 19.7. The van der Waals surface area contributed by atoms with Crippen molar-refractivity contribution >= 4 is 21.8 Å². The number of sulfonamides is 1. The van der Waals surface area contributed by atoms with Crippen LogP contribution >= 0.6 is 11.8 Å². The lowest BCUT2D eigenvalue weighted by molar-refractivity contribution is -0.137. The molecule has 1 saturated heterocycles. The molecule has 1 aliphatic rings. The summed E-state index contributed by atoms with van der Waals surface area (Å²) < 4.78 is 79.5. The monoisotopic (exact) mass is 419 g/mol. The third-order valence-electron chi connectivity index (χ3n) is 4.35. The van der Waals surface area contributed by atoms with E-state index in [4.69, 9.17) is 0 Å². The molecule has 0 amide bonds. The van der Waals surface area contributed by atoms with Gasteiger partial charge in [0.25, 0.3) is 0 Å². The second kappa shape index (κ2) is 7.81. The number of alkyl halides is 3. The predicted molar refractivity (Wildman–Crippen MR) is 96.4 cm³/mol. The summed E-state index contributed by atoms with van der Waals surface area (Å²) in [5.41, 5.74) is -0.488. The van der Waals surface area contributed by atoms with E-state index in [1.54, 1.807) is 18.2 Å². The molecule has 2 aromatic carbocycles. The Morgan fingerprint density at radius 2 is 1.78 bits per heavy atom. The lowest BCUT2D eigenvalue weighted by Gasteiger charge is -2.20. The van der Waals surface area contributed by atoms with Crippen LogP contribution in [0.2, 0.25) is 0 Å². The van der Waals surface area contributed by atoms with Crippen LogP contribution in [0.4, 0.5) is 17.6 Å². The van der Waals surface area contributed by atoms with Crippen molar-refractivity contribution in [1.29, 1.82) is 0 Å². The van der Waals surface area contributed by atoms with Gasteiger partial charge in [-0.25, -0.2) is 12.8 Å². The van der Waals surface area contributed by atoms with Crippen molar-refractivity contribution in [1.82, 2.24) is 4.31 Å². The summed E-state index contributed by atoms with van der Waals surface area (Å²) in [5.74, 6) is 0.0844. The van der Waals surface area contributed by atoms with E-state index in [2.05, 4.69) is 0 Å². The van der Waals surface area contributed by atoms with Gasteiger partial charge in [-0.1, -0.05) is 24.3 Å². The molecule has 1 unspecified atom stereocenters. The summed E-state index contributed by atoms with van der Waals surface area (Å²) in [6.07, 6.45) is -4.24. The summed E-state index contributed by atoms with van der Waals surface area (Å²) in [4.78, 5) is -0.383. The second-order valence-electron chi connectivity index (χ2n) is 6.10. The highest BCUT2D eigenvalue weighted by atomic mass is 32.2. The first-order chi connectivity index (χ1) is 12.7. The van der Waals surface area contributed by atoms with Gasteiger partial charge in [-0.3, -0.25) is 0 Å². The molecule has 1 fully saturated rings. The molecular weight excluding hydrogens is 402 g/mol. The van der Waals surface area contributed by atoms with Crippen LogP contribution in [0.3, 0.4) is 0 Å². The molecule has 9 heteroatoms. The number of hydrogen-bond donors (Lipinski definition) is 0. The van der Waals surface area contributed by atoms with E-state index >= 15 is 0 Å². The van der Waals surface area contributed by atoms with E-state index in [0.717, 1.165) is 18.2 Å². The first-order valence-electron chi connectivity index (χ1n) is 8.23. The van der Waals surface area contributed by atoms with Crippen LogP contribution in [-0.2, 0) is 16.2 Å². The summed E-state index contributed by atoms with van der Waals surface area (Å²) in [6, 6.07) is 10.1. The normalized spacial score (nSPS) is 19.6. The highest BCUT2D eigenvalue weighted by molar-refractivity contribution is 7.99. The van der Waals surface area contributed by atoms with Crippen LogP contribution in [0.15, 0.2) is 53.4 Å². The SMILES string of the molecule is O=S(=O)(c1cccc(C(F)(F)F)c1)N1CCSC(c2ccccc2F)CC1. The van der Waals surface area contributed by atoms with Crippen LogP contribution in [0.5, 0.6) is 0 Å². The van der Waals surface area contributed by atoms with Crippen LogP contribution in [0, 0.1) is 5.82 Å². The number of benzene rings is 2. The average Bonchev–Trinajstić information content (AvgIpc) is 2.88. The van der Waals surface area contributed by atoms with Crippen molar-refractivity contribution in [2.75, 3.05) is 18.8 Å². The van der Waals surface area contributed by atoms with Crippen molar-refractivity contribution in [2.24, 2.45) is 0 Å². The number of rotatable bonds is 3. The van der Waals surface area contributed by atoms with Gasteiger partial charge >= 0.3 is 6.18 Å². The lowest BCUT2D eigenvalue weighted by atomic mass is 10.1. The van der Waals surface area contributed by atoms with Gasteiger partial charge < -0.3 is 0 Å². The highest BCUT2D eigenvalue weighted by Gasteiger charge is 2.34. The van der Waals surface area contributed by atoms with Crippen LogP contribution in [-0.4, -0.2) is 31.6 Å². The molecule has 0 saturated carbocycles. The van der Waals surface area contributed by atoms with Gasteiger partial charge in [0, 0.05) is 29.7 Å². The van der Waals surface area contributed by atoms with Gasteiger partial charge in [-0.2, -0.15) is 29.2 Å². The van der Waals surface area contributed by atoms with Gasteiger partial charge in [0.1, 0.15) is 5.82 Å². The second-order valence-corrected chi connectivity index (χ2v) is 9.35. The fourth-order valence-corrected chi connectivity index (χ4v) is 5.83. The van der Waals surface area contributed by atoms with Crippen LogP contribution < -0.4 is 0 Å². The minimum atomic E-state index is -4.61. The summed E-state index contributed by atoms with van der Waals surface area (Å²) in [7, 11) is -4.06. The summed E-state index contributed by atoms with van der Waals surface area (Å²) in [6.45, 7) is 0.277. The molecule has 0 aliphatic carbocycles. The van der Waals surface area contributed by atoms with E-state index < -0.39 is 21.8 Å². The Morgan fingerprint density at radius 1 is 1.04 bits per heavy atom. The molecule has 2 aromatic rings. The molecule has 146 valence electrons. The van der Waals surface area contributed by atoms with Crippen LogP contribution in [0.25, 0.3) is 0 Å². The molecule has 0 N–H and O–H groups in total. The summed E-state index contributed by atoms with van der Waals surface area (Å²) in [5, 5.41) is -0.201. The molecule has 1 atom stereocenters. The first kappa shape index (κ1) is 20.2. The maximum atomic E-state index is 14.0. The predicted octanol–water partition coefficient (Wildman–Crippen LogP) is 4.71. The van der Waals surface area contributed by atoms with E-state index in [0.29, 0.717) is 23.8 Å². The Balaban J connectivity index is 1.82. The van der Waals surface area contributed by atoms with Crippen molar-refractivity contribution in [3.63, 3.8) is 0 Å². The van der Waals surface area contributed by atoms with E-state index in [1.807, 2.05) is 0 Å². The molecule has 0 aromatic heterocycles. The van der Waals surface area contributed by atoms with Crippen molar-refractivity contribution in [3.05, 3.63) is 65.5 Å². The Bertz CT molecular complexity index is 916. The molecule has 0 radical (unpaired) electrons. The molecular formula is C18H17F4NO2S2. The smallest absolute Gasteiger partial charge is 0.207 e. The minimum absolute atomic E-state index is 0.116. The fourth-order valence-electron chi connectivity index (χ4n) is 2.96. The Morgan fingerprint density at radius 3 is 2.48 bits per heavy atom. The quantitative estimate of drug-likeness (QED) is 0.676. The fraction of sp³-hybridized carbons (Fsp3) is 0.333. The maximum Gasteiger partial charge on any atom is 0.416 e. The van der Waals surface area contributed by atoms with Gasteiger partial charge in [-0.05, 0) is 30.7 Å². The Hall–Kier alpha value is -1.58. The zero-order valence-electron chi connectivity index (χ0n) is 14.1. The molecule has 0 bridgehead atoms. The average molecular weight is 419 g/mol.